The molecule has 0 fully saturated rings. The maximum absolute atomic E-state index is 12.2. The molecule has 0 spiro atoms. The number of benzene rings is 1. The molecule has 6 nitrogen and oxygen atoms in total. The number of carbonyl (C=O) groups excluding carboxylic acids is 4. The van der Waals surface area contributed by atoms with Crippen molar-refractivity contribution >= 4 is 40.5 Å². The number of hydrogen-bond acceptors (Lipinski definition) is 6. The number of nitrogens with one attached hydrogen (secondary N) is 1. The van der Waals surface area contributed by atoms with Gasteiger partial charge in [0.1, 0.15) is 0 Å². The molecule has 0 aliphatic carbocycles. The maximum atomic E-state index is 12.2. The third-order valence-electron chi connectivity index (χ3n) is 3.79. The lowest BCUT2D eigenvalue weighted by Gasteiger charge is -2.06. The Morgan fingerprint density at radius 1 is 1.00 bits per heavy atom. The monoisotopic (exact) mass is 387 g/mol. The first-order valence-electron chi connectivity index (χ1n) is 8.43. The zero-order valence-electron chi connectivity index (χ0n) is 15.5. The molecule has 0 saturated carbocycles. The summed E-state index contributed by atoms with van der Waals surface area (Å²) in [6.07, 6.45) is -0.0165. The molecule has 0 aliphatic rings. The van der Waals surface area contributed by atoms with Crippen LogP contribution in [0.15, 0.2) is 30.3 Å². The highest BCUT2D eigenvalue weighted by atomic mass is 32.1. The fourth-order valence-electron chi connectivity index (χ4n) is 2.50. The molecule has 2 rings (SSSR count). The molecule has 0 atom stereocenters. The molecule has 0 bridgehead atoms. The van der Waals surface area contributed by atoms with Crippen LogP contribution in [0.4, 0.5) is 5.69 Å². The first kappa shape index (κ1) is 20.5. The van der Waals surface area contributed by atoms with Crippen LogP contribution >= 0.6 is 11.3 Å². The smallest absolute Gasteiger partial charge is 0.306 e. The Labute approximate surface area is 161 Å². The second kappa shape index (κ2) is 9.23. The number of aryl methyl sites for hydroxylation is 2. The lowest BCUT2D eigenvalue weighted by Crippen LogP contribution is -2.15. The van der Waals surface area contributed by atoms with Crippen molar-refractivity contribution in [1.82, 2.24) is 0 Å². The molecule has 1 N–H and O–H groups in total. The van der Waals surface area contributed by atoms with Crippen LogP contribution in [-0.2, 0) is 14.3 Å². The van der Waals surface area contributed by atoms with Crippen molar-refractivity contribution in [2.75, 3.05) is 11.9 Å². The van der Waals surface area contributed by atoms with Crippen molar-refractivity contribution in [3.8, 4) is 0 Å². The van der Waals surface area contributed by atoms with Gasteiger partial charge in [-0.15, -0.1) is 11.3 Å². The van der Waals surface area contributed by atoms with E-state index >= 15 is 0 Å². The molecular weight excluding hydrogens is 366 g/mol. The molecule has 1 aromatic heterocycles. The number of ether oxygens (including phenoxy) is 1. The van der Waals surface area contributed by atoms with Crippen molar-refractivity contribution < 1.29 is 23.9 Å². The van der Waals surface area contributed by atoms with Gasteiger partial charge in [0.2, 0.25) is 5.91 Å². The van der Waals surface area contributed by atoms with Crippen LogP contribution in [0.3, 0.4) is 0 Å². The topological polar surface area (TPSA) is 89.5 Å². The van der Waals surface area contributed by atoms with Gasteiger partial charge in [-0.25, -0.2) is 0 Å². The molecule has 142 valence electrons. The molecule has 0 unspecified atom stereocenters. The van der Waals surface area contributed by atoms with Crippen molar-refractivity contribution in [3.63, 3.8) is 0 Å². The van der Waals surface area contributed by atoms with Gasteiger partial charge in [0.15, 0.2) is 18.2 Å². The second-order valence-electron chi connectivity index (χ2n) is 6.09. The van der Waals surface area contributed by atoms with Gasteiger partial charge in [0.05, 0.1) is 6.42 Å². The van der Waals surface area contributed by atoms with Gasteiger partial charge in [-0.3, -0.25) is 19.2 Å². The van der Waals surface area contributed by atoms with Gasteiger partial charge >= 0.3 is 5.97 Å². The van der Waals surface area contributed by atoms with E-state index in [0.717, 1.165) is 9.75 Å². The van der Waals surface area contributed by atoms with Gasteiger partial charge in [0.25, 0.3) is 0 Å². The Kier molecular flexibility index (Phi) is 7.01. The number of thiophene rings is 1. The standard InChI is InChI=1S/C20H21NO5S/c1-12-10-17(13(2)27-12)18(23)8-9-20(25)26-11-19(24)15-4-6-16(7-5-15)21-14(3)22/h4-7,10H,8-9,11H2,1-3H3,(H,21,22). The van der Waals surface area contributed by atoms with E-state index in [0.29, 0.717) is 16.8 Å². The molecule has 0 saturated heterocycles. The van der Waals surface area contributed by atoms with Gasteiger partial charge in [0, 0.05) is 39.9 Å². The van der Waals surface area contributed by atoms with Crippen LogP contribution in [0.5, 0.6) is 0 Å². The molecule has 1 aromatic carbocycles. The number of rotatable bonds is 8. The van der Waals surface area contributed by atoms with Gasteiger partial charge < -0.3 is 10.1 Å². The number of esters is 1. The minimum Gasteiger partial charge on any atom is -0.457 e. The summed E-state index contributed by atoms with van der Waals surface area (Å²) in [5.74, 6) is -1.25. The summed E-state index contributed by atoms with van der Waals surface area (Å²) in [6.45, 7) is 4.81. The lowest BCUT2D eigenvalue weighted by atomic mass is 10.1. The number of hydrogen-bond donors (Lipinski definition) is 1. The predicted octanol–water partition coefficient (Wildman–Crippen LogP) is 3.71. The lowest BCUT2D eigenvalue weighted by molar-refractivity contribution is -0.142. The van der Waals surface area contributed by atoms with Crippen LogP contribution in [0.1, 0.15) is 50.2 Å². The van der Waals surface area contributed by atoms with Crippen molar-refractivity contribution in [3.05, 3.63) is 51.2 Å². The first-order valence-corrected chi connectivity index (χ1v) is 9.24. The summed E-state index contributed by atoms with van der Waals surface area (Å²) in [7, 11) is 0. The number of anilines is 1. The molecular formula is C20H21NO5S. The average Bonchev–Trinajstić information content (AvgIpc) is 2.96. The fraction of sp³-hybridized carbons (Fsp3) is 0.300. The Bertz CT molecular complexity index is 867. The van der Waals surface area contributed by atoms with Gasteiger partial charge in [-0.2, -0.15) is 0 Å². The number of carbonyl (C=O) groups is 4. The normalized spacial score (nSPS) is 10.3. The molecule has 27 heavy (non-hydrogen) atoms. The summed E-state index contributed by atoms with van der Waals surface area (Å²) in [5.41, 5.74) is 1.59. The maximum Gasteiger partial charge on any atom is 0.306 e. The van der Waals surface area contributed by atoms with Crippen LogP contribution in [-0.4, -0.2) is 30.0 Å². The Morgan fingerprint density at radius 3 is 2.22 bits per heavy atom. The summed E-state index contributed by atoms with van der Waals surface area (Å²) in [4.78, 5) is 49.0. The van der Waals surface area contributed by atoms with E-state index in [9.17, 15) is 19.2 Å². The third-order valence-corrected chi connectivity index (χ3v) is 4.75. The highest BCUT2D eigenvalue weighted by molar-refractivity contribution is 7.12. The summed E-state index contributed by atoms with van der Waals surface area (Å²) >= 11 is 1.54. The minimum atomic E-state index is -0.587. The highest BCUT2D eigenvalue weighted by Crippen LogP contribution is 2.22. The summed E-state index contributed by atoms with van der Waals surface area (Å²) in [6, 6.07) is 8.11. The van der Waals surface area contributed by atoms with Crippen molar-refractivity contribution in [1.29, 1.82) is 0 Å². The Hall–Kier alpha value is -2.80. The Morgan fingerprint density at radius 2 is 1.67 bits per heavy atom. The Balaban J connectivity index is 1.79. The van der Waals surface area contributed by atoms with E-state index < -0.39 is 5.97 Å². The van der Waals surface area contributed by atoms with E-state index in [1.807, 2.05) is 19.9 Å². The van der Waals surface area contributed by atoms with E-state index in [-0.39, 0.29) is 36.9 Å². The predicted molar refractivity (Wildman–Crippen MR) is 103 cm³/mol. The minimum absolute atomic E-state index is 0.0510. The van der Waals surface area contributed by atoms with Crippen LogP contribution in [0.25, 0.3) is 0 Å². The zero-order valence-corrected chi connectivity index (χ0v) is 16.3. The SMILES string of the molecule is CC(=O)Nc1ccc(C(=O)COC(=O)CCC(=O)c2cc(C)sc2C)cc1. The number of amides is 1. The second-order valence-corrected chi connectivity index (χ2v) is 7.55. The molecule has 1 amide bonds. The largest absolute Gasteiger partial charge is 0.457 e. The van der Waals surface area contributed by atoms with Crippen LogP contribution in [0, 0.1) is 13.8 Å². The molecule has 7 heteroatoms. The average molecular weight is 387 g/mol. The third kappa shape index (κ3) is 6.14. The van der Waals surface area contributed by atoms with Crippen LogP contribution in [0.2, 0.25) is 0 Å². The molecule has 1 heterocycles. The number of ketones is 2. The van der Waals surface area contributed by atoms with Crippen molar-refractivity contribution in [2.24, 2.45) is 0 Å². The summed E-state index contributed by atoms with van der Waals surface area (Å²) in [5, 5.41) is 2.60. The van der Waals surface area contributed by atoms with E-state index in [1.54, 1.807) is 35.6 Å². The quantitative estimate of drug-likeness (QED) is 0.551. The highest BCUT2D eigenvalue weighted by Gasteiger charge is 2.15. The van der Waals surface area contributed by atoms with Gasteiger partial charge in [-0.1, -0.05) is 0 Å². The fourth-order valence-corrected chi connectivity index (χ4v) is 3.44. The van der Waals surface area contributed by atoms with E-state index in [4.69, 9.17) is 4.74 Å². The van der Waals surface area contributed by atoms with Crippen LogP contribution < -0.4 is 5.32 Å². The van der Waals surface area contributed by atoms with Crippen molar-refractivity contribution in [2.45, 2.75) is 33.6 Å². The first-order chi connectivity index (χ1) is 12.8. The van der Waals surface area contributed by atoms with E-state index in [1.165, 1.54) is 6.92 Å². The summed E-state index contributed by atoms with van der Waals surface area (Å²) < 4.78 is 4.97. The zero-order chi connectivity index (χ0) is 20.0. The number of Topliss-reactive ketones (excluding diaryl/α,β-unsaturated/α-hetero) is 2. The van der Waals surface area contributed by atoms with Gasteiger partial charge in [-0.05, 0) is 44.2 Å². The molecule has 0 radical (unpaired) electrons. The molecule has 0 aliphatic heterocycles. The molecule has 2 aromatic rings. The van der Waals surface area contributed by atoms with E-state index in [2.05, 4.69) is 5.32 Å².